The van der Waals surface area contributed by atoms with Crippen LogP contribution in [-0.4, -0.2) is 32.7 Å². The smallest absolute Gasteiger partial charge is 0.262 e. The van der Waals surface area contributed by atoms with Crippen LogP contribution in [-0.2, 0) is 11.2 Å². The molecule has 1 amide bonds. The number of benzene rings is 2. The van der Waals surface area contributed by atoms with Gasteiger partial charge in [0.15, 0.2) is 6.61 Å². The van der Waals surface area contributed by atoms with Gasteiger partial charge in [-0.25, -0.2) is 4.68 Å². The zero-order valence-corrected chi connectivity index (χ0v) is 13.9. The Bertz CT molecular complexity index is 798. The first-order valence-electron chi connectivity index (χ1n) is 8.09. The third-order valence-corrected chi connectivity index (χ3v) is 3.60. The van der Waals surface area contributed by atoms with Gasteiger partial charge in [-0.1, -0.05) is 25.5 Å². The molecule has 0 radical (unpaired) electrons. The first-order valence-corrected chi connectivity index (χ1v) is 8.09. The van der Waals surface area contributed by atoms with E-state index in [0.29, 0.717) is 5.75 Å². The lowest BCUT2D eigenvalue weighted by Gasteiger charge is -2.09. The molecule has 0 unspecified atom stereocenters. The molecule has 2 aromatic carbocycles. The predicted molar refractivity (Wildman–Crippen MR) is 93.7 cm³/mol. The minimum atomic E-state index is -0.201. The van der Waals surface area contributed by atoms with Crippen LogP contribution < -0.4 is 10.1 Å². The number of nitrogens with one attached hydrogen (secondary N) is 1. The highest BCUT2D eigenvalue weighted by Gasteiger charge is 2.05. The van der Waals surface area contributed by atoms with Crippen molar-refractivity contribution in [3.05, 3.63) is 60.4 Å². The quantitative estimate of drug-likeness (QED) is 0.717. The average Bonchev–Trinajstić information content (AvgIpc) is 3.17. The van der Waals surface area contributed by atoms with E-state index in [-0.39, 0.29) is 12.5 Å². The molecule has 0 bridgehead atoms. The molecule has 7 heteroatoms. The summed E-state index contributed by atoms with van der Waals surface area (Å²) in [4.78, 5) is 12.0. The molecule has 1 aromatic heterocycles. The summed E-state index contributed by atoms with van der Waals surface area (Å²) >= 11 is 0. The molecule has 3 aromatic rings. The van der Waals surface area contributed by atoms with E-state index in [1.54, 1.807) is 16.8 Å². The fourth-order valence-corrected chi connectivity index (χ4v) is 2.36. The summed E-state index contributed by atoms with van der Waals surface area (Å²) in [6.07, 6.45) is 3.65. The zero-order valence-electron chi connectivity index (χ0n) is 13.9. The second-order valence-corrected chi connectivity index (χ2v) is 5.53. The van der Waals surface area contributed by atoms with Crippen LogP contribution in [0, 0.1) is 0 Å². The molecule has 3 rings (SSSR count). The third kappa shape index (κ3) is 4.63. The summed E-state index contributed by atoms with van der Waals surface area (Å²) in [7, 11) is 0. The number of carbonyl (C=O) groups excluding carboxylic acids is 1. The Morgan fingerprint density at radius 2 is 1.88 bits per heavy atom. The third-order valence-electron chi connectivity index (χ3n) is 3.60. The monoisotopic (exact) mass is 337 g/mol. The number of nitrogens with zero attached hydrogens (tertiary/aromatic N) is 4. The number of anilines is 1. The Morgan fingerprint density at radius 1 is 1.12 bits per heavy atom. The summed E-state index contributed by atoms with van der Waals surface area (Å²) in [6.45, 7) is 2.09. The highest BCUT2D eigenvalue weighted by atomic mass is 16.5. The van der Waals surface area contributed by atoms with Crippen molar-refractivity contribution in [1.29, 1.82) is 0 Å². The van der Waals surface area contributed by atoms with Crippen molar-refractivity contribution in [2.45, 2.75) is 19.8 Å². The summed E-state index contributed by atoms with van der Waals surface area (Å²) in [5.74, 6) is 0.401. The van der Waals surface area contributed by atoms with E-state index < -0.39 is 0 Å². The average molecular weight is 337 g/mol. The minimum Gasteiger partial charge on any atom is -0.484 e. The number of ether oxygens (including phenoxy) is 1. The van der Waals surface area contributed by atoms with E-state index in [4.69, 9.17) is 4.74 Å². The second-order valence-electron chi connectivity index (χ2n) is 5.53. The number of rotatable bonds is 7. The molecule has 25 heavy (non-hydrogen) atoms. The SMILES string of the molecule is CCCc1ccc(NC(=O)COc2ccc(-n3cnnn3)cc2)cc1. The Balaban J connectivity index is 1.50. The molecule has 0 saturated heterocycles. The van der Waals surface area contributed by atoms with Crippen molar-refractivity contribution >= 4 is 11.6 Å². The number of aromatic nitrogens is 4. The highest BCUT2D eigenvalue weighted by molar-refractivity contribution is 5.91. The zero-order chi connectivity index (χ0) is 17.5. The maximum absolute atomic E-state index is 12.0. The number of hydrogen-bond acceptors (Lipinski definition) is 5. The van der Waals surface area contributed by atoms with Gasteiger partial charge in [-0.2, -0.15) is 0 Å². The Labute approximate surface area is 145 Å². The van der Waals surface area contributed by atoms with Crippen LogP contribution in [0.2, 0.25) is 0 Å². The maximum atomic E-state index is 12.0. The standard InChI is InChI=1S/C18H19N5O2/c1-2-3-14-4-6-15(7-5-14)20-18(24)12-25-17-10-8-16(9-11-17)23-13-19-21-22-23/h4-11,13H,2-3,12H2,1H3,(H,20,24). The van der Waals surface area contributed by atoms with Crippen LogP contribution in [0.5, 0.6) is 5.75 Å². The van der Waals surface area contributed by atoms with E-state index >= 15 is 0 Å². The van der Waals surface area contributed by atoms with Crippen LogP contribution in [0.25, 0.3) is 5.69 Å². The molecule has 1 N–H and O–H groups in total. The van der Waals surface area contributed by atoms with E-state index in [2.05, 4.69) is 27.8 Å². The van der Waals surface area contributed by atoms with Gasteiger partial charge in [-0.15, -0.1) is 5.10 Å². The van der Waals surface area contributed by atoms with Gasteiger partial charge in [0.1, 0.15) is 12.1 Å². The number of amides is 1. The lowest BCUT2D eigenvalue weighted by Crippen LogP contribution is -2.20. The summed E-state index contributed by atoms with van der Waals surface area (Å²) < 4.78 is 7.04. The molecular weight excluding hydrogens is 318 g/mol. The second kappa shape index (κ2) is 8.05. The fraction of sp³-hybridized carbons (Fsp3) is 0.222. The molecule has 0 aliphatic rings. The highest BCUT2D eigenvalue weighted by Crippen LogP contribution is 2.15. The first kappa shape index (κ1) is 16.6. The normalized spacial score (nSPS) is 10.4. The van der Waals surface area contributed by atoms with Crippen LogP contribution in [0.3, 0.4) is 0 Å². The van der Waals surface area contributed by atoms with Crippen LogP contribution in [0.1, 0.15) is 18.9 Å². The van der Waals surface area contributed by atoms with Gasteiger partial charge in [-0.3, -0.25) is 4.79 Å². The van der Waals surface area contributed by atoms with Crippen molar-refractivity contribution in [2.24, 2.45) is 0 Å². The van der Waals surface area contributed by atoms with Gasteiger partial charge in [-0.05, 0) is 58.8 Å². The summed E-state index contributed by atoms with van der Waals surface area (Å²) in [6, 6.07) is 15.0. The largest absolute Gasteiger partial charge is 0.484 e. The molecule has 0 saturated carbocycles. The molecule has 1 heterocycles. The molecule has 0 aliphatic carbocycles. The number of tetrazole rings is 1. The Kier molecular flexibility index (Phi) is 5.36. The van der Waals surface area contributed by atoms with Gasteiger partial charge >= 0.3 is 0 Å². The molecule has 0 atom stereocenters. The van der Waals surface area contributed by atoms with Gasteiger partial charge in [0, 0.05) is 5.69 Å². The van der Waals surface area contributed by atoms with E-state index in [1.807, 2.05) is 36.4 Å². The Hall–Kier alpha value is -3.22. The van der Waals surface area contributed by atoms with Crippen molar-refractivity contribution < 1.29 is 9.53 Å². The number of hydrogen-bond donors (Lipinski definition) is 1. The summed E-state index contributed by atoms with van der Waals surface area (Å²) in [5.41, 5.74) is 2.84. The van der Waals surface area contributed by atoms with Crippen LogP contribution in [0.4, 0.5) is 5.69 Å². The molecule has 0 spiro atoms. The predicted octanol–water partition coefficient (Wildman–Crippen LogP) is 2.63. The van der Waals surface area contributed by atoms with Crippen LogP contribution >= 0.6 is 0 Å². The van der Waals surface area contributed by atoms with Crippen molar-refractivity contribution in [3.8, 4) is 11.4 Å². The van der Waals surface area contributed by atoms with Gasteiger partial charge in [0.2, 0.25) is 0 Å². The molecular formula is C18H19N5O2. The summed E-state index contributed by atoms with van der Waals surface area (Å²) in [5, 5.41) is 13.8. The van der Waals surface area contributed by atoms with Crippen LogP contribution in [0.15, 0.2) is 54.9 Å². The first-order chi connectivity index (χ1) is 12.2. The van der Waals surface area contributed by atoms with E-state index in [1.165, 1.54) is 11.9 Å². The van der Waals surface area contributed by atoms with E-state index in [9.17, 15) is 4.79 Å². The lowest BCUT2D eigenvalue weighted by molar-refractivity contribution is -0.118. The molecule has 0 fully saturated rings. The minimum absolute atomic E-state index is 0.0546. The maximum Gasteiger partial charge on any atom is 0.262 e. The number of aryl methyl sites for hydroxylation is 1. The lowest BCUT2D eigenvalue weighted by atomic mass is 10.1. The van der Waals surface area contributed by atoms with E-state index in [0.717, 1.165) is 24.2 Å². The van der Waals surface area contributed by atoms with Gasteiger partial charge < -0.3 is 10.1 Å². The molecule has 0 aliphatic heterocycles. The molecule has 7 nitrogen and oxygen atoms in total. The van der Waals surface area contributed by atoms with Gasteiger partial charge in [0.25, 0.3) is 5.91 Å². The Morgan fingerprint density at radius 3 is 2.52 bits per heavy atom. The molecule has 128 valence electrons. The van der Waals surface area contributed by atoms with Crippen molar-refractivity contribution in [3.63, 3.8) is 0 Å². The fourth-order valence-electron chi connectivity index (χ4n) is 2.36. The van der Waals surface area contributed by atoms with Gasteiger partial charge in [0.05, 0.1) is 5.69 Å². The number of carbonyl (C=O) groups is 1. The van der Waals surface area contributed by atoms with Crippen molar-refractivity contribution in [1.82, 2.24) is 20.2 Å². The topological polar surface area (TPSA) is 81.9 Å². The van der Waals surface area contributed by atoms with Crippen molar-refractivity contribution in [2.75, 3.05) is 11.9 Å².